The first-order chi connectivity index (χ1) is 9.74. The number of benzene rings is 1. The van der Waals surface area contributed by atoms with Gasteiger partial charge in [0.1, 0.15) is 0 Å². The molecule has 1 fully saturated rings. The summed E-state index contributed by atoms with van der Waals surface area (Å²) in [6.07, 6.45) is -3.07. The number of alkyl halides is 3. The molecule has 4 nitrogen and oxygen atoms in total. The van der Waals surface area contributed by atoms with Gasteiger partial charge in [0, 0.05) is 13.0 Å². The molecule has 1 heterocycles. The van der Waals surface area contributed by atoms with E-state index in [0.29, 0.717) is 29.6 Å². The maximum absolute atomic E-state index is 13.0. The average Bonchev–Trinajstić information content (AvgIpc) is 2.63. The van der Waals surface area contributed by atoms with Crippen LogP contribution in [-0.2, 0) is 21.0 Å². The van der Waals surface area contributed by atoms with Crippen LogP contribution in [0, 0.1) is 0 Å². The van der Waals surface area contributed by atoms with Crippen LogP contribution in [0.1, 0.15) is 31.2 Å². The molecular weight excluding hydrogens is 307 g/mol. The molecule has 0 radical (unpaired) electrons. The first-order valence-corrected chi connectivity index (χ1v) is 7.90. The largest absolute Gasteiger partial charge is 0.417 e. The Morgan fingerprint density at radius 3 is 2.38 bits per heavy atom. The second-order valence-electron chi connectivity index (χ2n) is 4.78. The molecule has 1 aliphatic heterocycles. The van der Waals surface area contributed by atoms with E-state index in [0.717, 1.165) is 12.1 Å². The summed E-state index contributed by atoms with van der Waals surface area (Å²) in [4.78, 5) is 11.0. The van der Waals surface area contributed by atoms with E-state index in [1.54, 1.807) is 0 Å². The Balaban J connectivity index is 2.52. The molecule has 1 aromatic rings. The predicted octanol–water partition coefficient (Wildman–Crippen LogP) is 2.80. The first kappa shape index (κ1) is 15.8. The molecule has 21 heavy (non-hydrogen) atoms. The van der Waals surface area contributed by atoms with E-state index in [1.807, 2.05) is 0 Å². The number of amides is 1. The third-order valence-corrected chi connectivity index (χ3v) is 5.17. The van der Waals surface area contributed by atoms with Gasteiger partial charge in [-0.15, -0.1) is 0 Å². The minimum absolute atomic E-state index is 0.0351. The Morgan fingerprint density at radius 1 is 1.05 bits per heavy atom. The van der Waals surface area contributed by atoms with E-state index in [9.17, 15) is 26.4 Å². The first-order valence-electron chi connectivity index (χ1n) is 6.46. The summed E-state index contributed by atoms with van der Waals surface area (Å²) in [6, 6.07) is 3.92. The SMILES string of the molecule is O=C1CCCCCN1S(=O)(=O)c1ccccc1C(F)(F)F. The van der Waals surface area contributed by atoms with Crippen molar-refractivity contribution in [2.75, 3.05) is 6.54 Å². The topological polar surface area (TPSA) is 54.5 Å². The van der Waals surface area contributed by atoms with Gasteiger partial charge in [0.25, 0.3) is 10.0 Å². The van der Waals surface area contributed by atoms with E-state index < -0.39 is 32.6 Å². The van der Waals surface area contributed by atoms with Gasteiger partial charge in [0.05, 0.1) is 10.5 Å². The molecule has 1 aliphatic rings. The Labute approximate surface area is 120 Å². The molecule has 2 rings (SSSR count). The minimum Gasteiger partial charge on any atom is -0.274 e. The summed E-state index contributed by atoms with van der Waals surface area (Å²) in [7, 11) is -4.48. The number of halogens is 3. The fraction of sp³-hybridized carbons (Fsp3) is 0.462. The fourth-order valence-corrected chi connectivity index (χ4v) is 3.93. The van der Waals surface area contributed by atoms with Crippen LogP contribution in [0.3, 0.4) is 0 Å². The Morgan fingerprint density at radius 2 is 1.71 bits per heavy atom. The summed E-state index contributed by atoms with van der Waals surface area (Å²) >= 11 is 0. The van der Waals surface area contributed by atoms with Crippen molar-refractivity contribution in [1.82, 2.24) is 4.31 Å². The molecule has 1 aromatic carbocycles. The molecule has 0 bridgehead atoms. The molecule has 1 saturated heterocycles. The number of carbonyl (C=O) groups excluding carboxylic acids is 1. The molecule has 0 N–H and O–H groups in total. The van der Waals surface area contributed by atoms with Gasteiger partial charge in [-0.3, -0.25) is 4.79 Å². The molecular formula is C13H14F3NO3S. The molecule has 0 spiro atoms. The normalized spacial score (nSPS) is 17.7. The molecule has 8 heteroatoms. The molecule has 0 unspecified atom stereocenters. The van der Waals surface area contributed by atoms with E-state index >= 15 is 0 Å². The van der Waals surface area contributed by atoms with E-state index in [1.165, 1.54) is 6.07 Å². The fourth-order valence-electron chi connectivity index (χ4n) is 2.26. The Hall–Kier alpha value is -1.57. The maximum atomic E-state index is 13.0. The lowest BCUT2D eigenvalue weighted by molar-refractivity contribution is -0.140. The molecule has 116 valence electrons. The lowest BCUT2D eigenvalue weighted by Crippen LogP contribution is -2.37. The summed E-state index contributed by atoms with van der Waals surface area (Å²) in [5.74, 6) is -0.649. The molecule has 0 saturated carbocycles. The molecule has 0 atom stereocenters. The van der Waals surface area contributed by atoms with Crippen LogP contribution >= 0.6 is 0 Å². The van der Waals surface area contributed by atoms with Crippen LogP contribution in [0.15, 0.2) is 29.2 Å². The van der Waals surface area contributed by atoms with Crippen molar-refractivity contribution in [3.63, 3.8) is 0 Å². The maximum Gasteiger partial charge on any atom is 0.417 e. The summed E-state index contributed by atoms with van der Waals surface area (Å²) in [5.41, 5.74) is -1.25. The van der Waals surface area contributed by atoms with Gasteiger partial charge >= 0.3 is 6.18 Å². The van der Waals surface area contributed by atoms with Gasteiger partial charge in [-0.25, -0.2) is 12.7 Å². The van der Waals surface area contributed by atoms with Crippen LogP contribution in [0.2, 0.25) is 0 Å². The van der Waals surface area contributed by atoms with Gasteiger partial charge < -0.3 is 0 Å². The highest BCUT2D eigenvalue weighted by atomic mass is 32.2. The van der Waals surface area contributed by atoms with Crippen molar-refractivity contribution in [2.45, 2.75) is 36.8 Å². The van der Waals surface area contributed by atoms with Crippen LogP contribution in [-0.4, -0.2) is 25.2 Å². The van der Waals surface area contributed by atoms with E-state index in [-0.39, 0.29) is 13.0 Å². The zero-order chi connectivity index (χ0) is 15.7. The Kier molecular flexibility index (Phi) is 4.27. The van der Waals surface area contributed by atoms with Crippen molar-refractivity contribution >= 4 is 15.9 Å². The summed E-state index contributed by atoms with van der Waals surface area (Å²) in [5, 5.41) is 0. The van der Waals surface area contributed by atoms with Gasteiger partial charge in [0.15, 0.2) is 0 Å². The van der Waals surface area contributed by atoms with Crippen molar-refractivity contribution in [3.8, 4) is 0 Å². The van der Waals surface area contributed by atoms with E-state index in [4.69, 9.17) is 0 Å². The van der Waals surface area contributed by atoms with Crippen LogP contribution in [0.25, 0.3) is 0 Å². The van der Waals surface area contributed by atoms with Crippen LogP contribution < -0.4 is 0 Å². The zero-order valence-corrected chi connectivity index (χ0v) is 11.9. The van der Waals surface area contributed by atoms with Crippen molar-refractivity contribution in [3.05, 3.63) is 29.8 Å². The molecule has 0 aliphatic carbocycles. The van der Waals surface area contributed by atoms with Gasteiger partial charge in [-0.05, 0) is 25.0 Å². The highest BCUT2D eigenvalue weighted by Crippen LogP contribution is 2.35. The van der Waals surface area contributed by atoms with Gasteiger partial charge in [-0.1, -0.05) is 18.6 Å². The summed E-state index contributed by atoms with van der Waals surface area (Å²) in [6.45, 7) is -0.0760. The second kappa shape index (κ2) is 5.67. The number of rotatable bonds is 2. The number of nitrogens with zero attached hydrogens (tertiary/aromatic N) is 1. The average molecular weight is 321 g/mol. The lowest BCUT2D eigenvalue weighted by atomic mass is 10.2. The smallest absolute Gasteiger partial charge is 0.274 e. The molecule has 0 aromatic heterocycles. The third-order valence-electron chi connectivity index (χ3n) is 3.29. The highest BCUT2D eigenvalue weighted by Gasteiger charge is 2.40. The number of hydrogen-bond donors (Lipinski definition) is 0. The van der Waals surface area contributed by atoms with Crippen molar-refractivity contribution in [1.29, 1.82) is 0 Å². The monoisotopic (exact) mass is 321 g/mol. The zero-order valence-electron chi connectivity index (χ0n) is 11.1. The Bertz CT molecular complexity index is 640. The van der Waals surface area contributed by atoms with Crippen molar-refractivity contribution < 1.29 is 26.4 Å². The van der Waals surface area contributed by atoms with Gasteiger partial charge in [-0.2, -0.15) is 13.2 Å². The van der Waals surface area contributed by atoms with Crippen LogP contribution in [0.4, 0.5) is 13.2 Å². The second-order valence-corrected chi connectivity index (χ2v) is 6.61. The number of carbonyl (C=O) groups is 1. The summed E-state index contributed by atoms with van der Waals surface area (Å²) < 4.78 is 64.3. The van der Waals surface area contributed by atoms with Gasteiger partial charge in [0.2, 0.25) is 5.91 Å². The third kappa shape index (κ3) is 3.20. The van der Waals surface area contributed by atoms with Crippen LogP contribution in [0.5, 0.6) is 0 Å². The standard InChI is InChI=1S/C13H14F3NO3S/c14-13(15,16)10-6-3-4-7-11(10)21(19,20)17-9-5-1-2-8-12(17)18/h3-4,6-7H,1-2,5,8-9H2. The number of hydrogen-bond acceptors (Lipinski definition) is 3. The lowest BCUT2D eigenvalue weighted by Gasteiger charge is -2.22. The predicted molar refractivity (Wildman–Crippen MR) is 68.8 cm³/mol. The minimum atomic E-state index is -4.79. The van der Waals surface area contributed by atoms with Crippen molar-refractivity contribution in [2.24, 2.45) is 0 Å². The number of sulfonamides is 1. The quantitative estimate of drug-likeness (QED) is 0.841. The highest BCUT2D eigenvalue weighted by molar-refractivity contribution is 7.89. The van der Waals surface area contributed by atoms with E-state index in [2.05, 4.69) is 0 Å². The molecule has 1 amide bonds.